The van der Waals surface area contributed by atoms with Crippen LogP contribution in [0.25, 0.3) is 0 Å². The van der Waals surface area contributed by atoms with E-state index in [9.17, 15) is 24.3 Å². The summed E-state index contributed by atoms with van der Waals surface area (Å²) in [6.07, 6.45) is 0. The lowest BCUT2D eigenvalue weighted by atomic mass is 10.0. The minimum Gasteiger partial charge on any atom is -0.478 e. The molecule has 9 heteroatoms. The zero-order chi connectivity index (χ0) is 20.7. The molecule has 0 bridgehead atoms. The number of hydrogen-bond donors (Lipinski definition) is 2. The Morgan fingerprint density at radius 3 is 2.45 bits per heavy atom. The Morgan fingerprint density at radius 2 is 1.76 bits per heavy atom. The van der Waals surface area contributed by atoms with Gasteiger partial charge in [-0.1, -0.05) is 17.3 Å². The van der Waals surface area contributed by atoms with Gasteiger partial charge in [0.2, 0.25) is 0 Å². The van der Waals surface area contributed by atoms with Crippen LogP contribution in [0.3, 0.4) is 0 Å². The van der Waals surface area contributed by atoms with Crippen LogP contribution in [-0.4, -0.2) is 34.0 Å². The van der Waals surface area contributed by atoms with Crippen LogP contribution in [0.15, 0.2) is 53.1 Å². The smallest absolute Gasteiger partial charge is 0.337 e. The van der Waals surface area contributed by atoms with E-state index in [2.05, 4.69) is 10.5 Å². The van der Waals surface area contributed by atoms with Gasteiger partial charge in [-0.3, -0.25) is 14.4 Å². The first-order valence-corrected chi connectivity index (χ1v) is 8.46. The number of para-hydroxylation sites is 1. The molecule has 3 aromatic rings. The van der Waals surface area contributed by atoms with Crippen molar-refractivity contribution in [3.8, 4) is 0 Å². The molecule has 1 aliphatic heterocycles. The molecule has 1 aliphatic rings. The van der Waals surface area contributed by atoms with Crippen LogP contribution in [-0.2, 0) is 0 Å². The predicted molar refractivity (Wildman–Crippen MR) is 100 cm³/mol. The minimum atomic E-state index is -1.19. The Bertz CT molecular complexity index is 1200. The third kappa shape index (κ3) is 3.04. The average Bonchev–Trinajstić information content (AvgIpc) is 3.23. The van der Waals surface area contributed by atoms with Crippen LogP contribution >= 0.6 is 0 Å². The normalized spacial score (nSPS) is 12.8. The fourth-order valence-electron chi connectivity index (χ4n) is 3.02. The summed E-state index contributed by atoms with van der Waals surface area (Å²) in [7, 11) is 0. The van der Waals surface area contributed by atoms with E-state index < -0.39 is 23.7 Å². The molecule has 0 unspecified atom stereocenters. The molecule has 2 N–H and O–H groups in total. The van der Waals surface area contributed by atoms with Gasteiger partial charge in [0.15, 0.2) is 5.82 Å². The molecule has 2 heterocycles. The molecule has 0 saturated carbocycles. The molecule has 0 saturated heterocycles. The first kappa shape index (κ1) is 18.1. The Kier molecular flexibility index (Phi) is 4.19. The molecular weight excluding hydrogens is 378 g/mol. The summed E-state index contributed by atoms with van der Waals surface area (Å²) in [6.45, 7) is 1.63. The van der Waals surface area contributed by atoms with Crippen LogP contribution in [0.2, 0.25) is 0 Å². The number of carbonyl (C=O) groups excluding carboxylic acids is 3. The molecular formula is C20H13N3O6. The number of carboxylic acids is 1. The van der Waals surface area contributed by atoms with E-state index in [0.29, 0.717) is 5.76 Å². The molecule has 144 valence electrons. The highest BCUT2D eigenvalue weighted by Crippen LogP contribution is 2.29. The van der Waals surface area contributed by atoms with Gasteiger partial charge < -0.3 is 14.9 Å². The van der Waals surface area contributed by atoms with Crippen molar-refractivity contribution in [1.29, 1.82) is 0 Å². The number of aromatic nitrogens is 1. The van der Waals surface area contributed by atoms with Crippen LogP contribution < -0.4 is 10.2 Å². The van der Waals surface area contributed by atoms with Crippen LogP contribution in [0, 0.1) is 6.92 Å². The van der Waals surface area contributed by atoms with Crippen molar-refractivity contribution in [2.45, 2.75) is 6.92 Å². The number of carbonyl (C=O) groups is 4. The largest absolute Gasteiger partial charge is 0.478 e. The van der Waals surface area contributed by atoms with Crippen molar-refractivity contribution in [3.05, 3.63) is 76.5 Å². The van der Waals surface area contributed by atoms with Crippen molar-refractivity contribution in [1.82, 2.24) is 5.16 Å². The van der Waals surface area contributed by atoms with Crippen LogP contribution in [0.1, 0.15) is 47.2 Å². The Labute approximate surface area is 163 Å². The highest BCUT2D eigenvalue weighted by molar-refractivity contribution is 6.34. The van der Waals surface area contributed by atoms with Gasteiger partial charge in [-0.05, 0) is 37.3 Å². The predicted octanol–water partition coefficient (Wildman–Crippen LogP) is 2.73. The quantitative estimate of drug-likeness (QED) is 0.654. The van der Waals surface area contributed by atoms with Crippen molar-refractivity contribution in [3.63, 3.8) is 0 Å². The van der Waals surface area contributed by atoms with Crippen LogP contribution in [0.4, 0.5) is 11.5 Å². The zero-order valence-electron chi connectivity index (χ0n) is 15.0. The second kappa shape index (κ2) is 6.71. The van der Waals surface area contributed by atoms with Crippen molar-refractivity contribution >= 4 is 35.2 Å². The van der Waals surface area contributed by atoms with Gasteiger partial charge in [-0.25, -0.2) is 9.69 Å². The summed E-state index contributed by atoms with van der Waals surface area (Å²) >= 11 is 0. The lowest BCUT2D eigenvalue weighted by Gasteiger charge is -2.09. The molecule has 29 heavy (non-hydrogen) atoms. The number of amides is 3. The van der Waals surface area contributed by atoms with Gasteiger partial charge in [0.05, 0.1) is 22.4 Å². The van der Waals surface area contributed by atoms with E-state index in [1.165, 1.54) is 36.4 Å². The van der Waals surface area contributed by atoms with Crippen LogP contribution in [0.5, 0.6) is 0 Å². The molecule has 0 fully saturated rings. The maximum atomic E-state index is 12.7. The van der Waals surface area contributed by atoms with E-state index in [0.717, 1.165) is 4.90 Å². The third-order valence-electron chi connectivity index (χ3n) is 4.40. The van der Waals surface area contributed by atoms with E-state index in [1.807, 2.05) is 0 Å². The average molecular weight is 391 g/mol. The van der Waals surface area contributed by atoms with E-state index in [1.54, 1.807) is 19.1 Å². The monoisotopic (exact) mass is 391 g/mol. The second-order valence-electron chi connectivity index (χ2n) is 6.31. The lowest BCUT2D eigenvalue weighted by Crippen LogP contribution is -2.29. The van der Waals surface area contributed by atoms with E-state index in [-0.39, 0.29) is 33.8 Å². The zero-order valence-corrected chi connectivity index (χ0v) is 15.0. The Balaban J connectivity index is 1.64. The minimum absolute atomic E-state index is 0.0508. The standard InChI is InChI=1S/C20H13N3O6/c1-10-8-16(22-29-10)23-18(25)12-7-6-11(9-14(12)19(23)26)17(24)21-15-5-3-2-4-13(15)20(27)28/h2-9H,1H3,(H,21,24)(H,27,28). The summed E-state index contributed by atoms with van der Waals surface area (Å²) < 4.78 is 4.92. The number of hydrogen-bond acceptors (Lipinski definition) is 6. The molecule has 9 nitrogen and oxygen atoms in total. The van der Waals surface area contributed by atoms with Gasteiger partial charge >= 0.3 is 5.97 Å². The second-order valence-corrected chi connectivity index (χ2v) is 6.31. The maximum Gasteiger partial charge on any atom is 0.337 e. The SMILES string of the molecule is Cc1cc(N2C(=O)c3ccc(C(=O)Nc4ccccc4C(=O)O)cc3C2=O)no1. The number of rotatable bonds is 4. The number of anilines is 2. The summed E-state index contributed by atoms with van der Waals surface area (Å²) in [6, 6.07) is 11.5. The fraction of sp³-hybridized carbons (Fsp3) is 0.0500. The Morgan fingerprint density at radius 1 is 1.03 bits per heavy atom. The number of aromatic carboxylic acids is 1. The lowest BCUT2D eigenvalue weighted by molar-refractivity contribution is 0.0697. The summed E-state index contributed by atoms with van der Waals surface area (Å²) in [5.74, 6) is -2.49. The number of imide groups is 1. The van der Waals surface area contributed by atoms with Gasteiger partial charge in [0, 0.05) is 11.6 Å². The van der Waals surface area contributed by atoms with Gasteiger partial charge in [-0.15, -0.1) is 0 Å². The molecule has 0 spiro atoms. The number of fused-ring (bicyclic) bond motifs is 1. The highest BCUT2D eigenvalue weighted by Gasteiger charge is 2.38. The van der Waals surface area contributed by atoms with Crippen molar-refractivity contribution < 1.29 is 28.8 Å². The highest BCUT2D eigenvalue weighted by atomic mass is 16.5. The first-order chi connectivity index (χ1) is 13.9. The topological polar surface area (TPSA) is 130 Å². The first-order valence-electron chi connectivity index (χ1n) is 8.46. The molecule has 0 radical (unpaired) electrons. The number of carboxylic acid groups (broad SMARTS) is 1. The maximum absolute atomic E-state index is 12.7. The third-order valence-corrected chi connectivity index (χ3v) is 4.40. The fourth-order valence-corrected chi connectivity index (χ4v) is 3.02. The number of nitrogens with one attached hydrogen (secondary N) is 1. The van der Waals surface area contributed by atoms with E-state index >= 15 is 0 Å². The summed E-state index contributed by atoms with van der Waals surface area (Å²) in [4.78, 5) is 50.0. The molecule has 4 rings (SSSR count). The van der Waals surface area contributed by atoms with E-state index in [4.69, 9.17) is 4.52 Å². The van der Waals surface area contributed by atoms with Crippen molar-refractivity contribution in [2.75, 3.05) is 10.2 Å². The van der Waals surface area contributed by atoms with Gasteiger partial charge in [-0.2, -0.15) is 0 Å². The summed E-state index contributed by atoms with van der Waals surface area (Å²) in [5, 5.41) is 15.4. The summed E-state index contributed by atoms with van der Waals surface area (Å²) in [5.41, 5.74) is 0.338. The molecule has 3 amide bonds. The van der Waals surface area contributed by atoms with Crippen molar-refractivity contribution in [2.24, 2.45) is 0 Å². The molecule has 0 atom stereocenters. The molecule has 1 aromatic heterocycles. The van der Waals surface area contributed by atoms with Gasteiger partial charge in [0.25, 0.3) is 17.7 Å². The Hall–Kier alpha value is -4.27. The molecule has 0 aliphatic carbocycles. The number of benzene rings is 2. The molecule has 2 aromatic carbocycles. The number of aryl methyl sites for hydroxylation is 1. The number of nitrogens with zero attached hydrogens (tertiary/aromatic N) is 2. The van der Waals surface area contributed by atoms with Gasteiger partial charge in [0.1, 0.15) is 5.76 Å².